The van der Waals surface area contributed by atoms with Crippen LogP contribution in [0.3, 0.4) is 0 Å². The normalized spacial score (nSPS) is 24.7. The van der Waals surface area contributed by atoms with E-state index in [4.69, 9.17) is 22.1 Å². The van der Waals surface area contributed by atoms with Gasteiger partial charge in [0.25, 0.3) is 17.4 Å². The van der Waals surface area contributed by atoms with Crippen LogP contribution in [0.4, 0.5) is 4.39 Å². The molecule has 1 fully saturated rings. The van der Waals surface area contributed by atoms with E-state index < -0.39 is 52.7 Å². The molecular weight excluding hydrogens is 579 g/mol. The van der Waals surface area contributed by atoms with Crippen molar-refractivity contribution in [2.24, 2.45) is 23.5 Å². The summed E-state index contributed by atoms with van der Waals surface area (Å²) >= 11 is 5.92. The van der Waals surface area contributed by atoms with Gasteiger partial charge in [-0.05, 0) is 49.8 Å². The summed E-state index contributed by atoms with van der Waals surface area (Å²) in [5, 5.41) is 11.2. The van der Waals surface area contributed by atoms with Crippen LogP contribution in [0.2, 0.25) is 5.02 Å². The lowest BCUT2D eigenvalue weighted by atomic mass is 9.82. The lowest BCUT2D eigenvalue weighted by Crippen LogP contribution is -2.56. The maximum atomic E-state index is 14.3. The number of esters is 1. The summed E-state index contributed by atoms with van der Waals surface area (Å²) in [5.41, 5.74) is 4.66. The van der Waals surface area contributed by atoms with Crippen LogP contribution in [0.5, 0.6) is 5.75 Å². The van der Waals surface area contributed by atoms with Crippen LogP contribution in [0.15, 0.2) is 23.0 Å². The first-order chi connectivity index (χ1) is 20.4. The van der Waals surface area contributed by atoms with Gasteiger partial charge in [-0.1, -0.05) is 43.4 Å². The molecule has 1 aromatic carbocycles. The molecule has 2 aliphatic heterocycles. The van der Waals surface area contributed by atoms with Gasteiger partial charge in [-0.3, -0.25) is 23.7 Å². The van der Waals surface area contributed by atoms with Gasteiger partial charge in [0.2, 0.25) is 0 Å². The van der Waals surface area contributed by atoms with Crippen molar-refractivity contribution in [3.8, 4) is 17.6 Å². The van der Waals surface area contributed by atoms with Crippen LogP contribution in [-0.4, -0.2) is 62.5 Å². The van der Waals surface area contributed by atoms with Crippen LogP contribution in [-0.2, 0) is 28.2 Å². The SMILES string of the molecule is CC(CN1C(=O)c2c3c(c(O)c(=O)n2C12CCC1C#CC12)C(=O)N(Cc1ccc(F)c(Cl)c1)CC3)OC(=O)C(N)C(C)C. The fourth-order valence-corrected chi connectivity index (χ4v) is 7.04. The Bertz CT molecular complexity index is 1700. The lowest BCUT2D eigenvalue weighted by Gasteiger charge is -2.42. The number of hydrogen-bond acceptors (Lipinski definition) is 7. The molecule has 43 heavy (non-hydrogen) atoms. The predicted octanol–water partition coefficient (Wildman–Crippen LogP) is 2.61. The second-order valence-electron chi connectivity index (χ2n) is 12.1. The fraction of sp³-hybridized carbons (Fsp3) is 0.484. The number of aromatic hydroxyl groups is 1. The Hall–Kier alpha value is -3.88. The molecule has 2 amide bonds. The molecule has 1 aromatic heterocycles. The second kappa shape index (κ2) is 10.4. The summed E-state index contributed by atoms with van der Waals surface area (Å²) in [6.45, 7) is 5.51. The van der Waals surface area contributed by atoms with Crippen LogP contribution in [0.1, 0.15) is 65.6 Å². The van der Waals surface area contributed by atoms with E-state index in [0.29, 0.717) is 24.0 Å². The van der Waals surface area contributed by atoms with E-state index in [0.717, 1.165) is 0 Å². The molecule has 1 saturated carbocycles. The molecular formula is C31H32ClFN4O6. The van der Waals surface area contributed by atoms with E-state index >= 15 is 0 Å². The monoisotopic (exact) mass is 610 g/mol. The van der Waals surface area contributed by atoms with Gasteiger partial charge in [-0.2, -0.15) is 0 Å². The van der Waals surface area contributed by atoms with Crippen molar-refractivity contribution in [2.75, 3.05) is 13.1 Å². The first-order valence-electron chi connectivity index (χ1n) is 14.4. The Labute approximate surface area is 252 Å². The summed E-state index contributed by atoms with van der Waals surface area (Å²) in [6.07, 6.45) is 0.489. The smallest absolute Gasteiger partial charge is 0.323 e. The highest BCUT2D eigenvalue weighted by molar-refractivity contribution is 6.30. The Morgan fingerprint density at radius 1 is 1.23 bits per heavy atom. The number of aromatic nitrogens is 1. The van der Waals surface area contributed by atoms with Gasteiger partial charge in [-0.25, -0.2) is 4.39 Å². The lowest BCUT2D eigenvalue weighted by molar-refractivity contribution is -0.152. The Kier molecular flexibility index (Phi) is 7.05. The van der Waals surface area contributed by atoms with Crippen molar-refractivity contribution < 1.29 is 28.6 Å². The van der Waals surface area contributed by atoms with E-state index in [1.807, 2.05) is 0 Å². The number of carbonyl (C=O) groups excluding carboxylic acids is 3. The van der Waals surface area contributed by atoms with E-state index in [1.54, 1.807) is 20.8 Å². The molecule has 0 bridgehead atoms. The third kappa shape index (κ3) is 4.33. The first kappa shape index (κ1) is 29.2. The van der Waals surface area contributed by atoms with Crippen LogP contribution in [0, 0.1) is 35.4 Å². The number of pyridine rings is 1. The number of rotatable bonds is 7. The highest BCUT2D eigenvalue weighted by atomic mass is 35.5. The van der Waals surface area contributed by atoms with E-state index in [2.05, 4.69) is 11.8 Å². The van der Waals surface area contributed by atoms with Crippen LogP contribution >= 0.6 is 11.6 Å². The number of amides is 2. The van der Waals surface area contributed by atoms with Crippen LogP contribution in [0.25, 0.3) is 0 Å². The molecule has 1 spiro atoms. The minimum atomic E-state index is -1.18. The van der Waals surface area contributed by atoms with Gasteiger partial charge in [-0.15, -0.1) is 0 Å². The van der Waals surface area contributed by atoms with Gasteiger partial charge < -0.3 is 25.4 Å². The number of halogens is 2. The number of nitrogens with two attached hydrogens (primary N) is 1. The molecule has 6 rings (SSSR count). The predicted molar refractivity (Wildman–Crippen MR) is 154 cm³/mol. The van der Waals surface area contributed by atoms with Crippen LogP contribution < -0.4 is 11.3 Å². The van der Waals surface area contributed by atoms with E-state index in [-0.39, 0.29) is 60.1 Å². The second-order valence-corrected chi connectivity index (χ2v) is 12.5. The molecule has 226 valence electrons. The quantitative estimate of drug-likeness (QED) is 0.363. The molecule has 2 aromatic rings. The third-order valence-corrected chi connectivity index (χ3v) is 9.43. The zero-order chi connectivity index (χ0) is 31.0. The number of hydrogen-bond donors (Lipinski definition) is 2. The number of nitrogens with zero attached hydrogens (tertiary/aromatic N) is 3. The minimum Gasteiger partial charge on any atom is -0.502 e. The standard InChI is InChI=1S/C31H32ClFN4O6/c1-15(2)24(34)30(42)43-16(3)13-36-28(40)25-19-9-11-35(14-17-4-7-22(33)21(32)12-17)27(39)23(19)26(38)29(41)37(25)31(36)10-8-18-5-6-20(18)31/h4,7,12,15-16,18,20,24,38H,8-11,13-14,34H2,1-3H3. The Morgan fingerprint density at radius 2 is 1.98 bits per heavy atom. The van der Waals surface area contributed by atoms with Gasteiger partial charge in [0.05, 0.1) is 23.0 Å². The molecule has 12 heteroatoms. The zero-order valence-electron chi connectivity index (χ0n) is 24.0. The summed E-state index contributed by atoms with van der Waals surface area (Å²) < 4.78 is 20.6. The molecule has 5 atom stereocenters. The minimum absolute atomic E-state index is 0.0255. The van der Waals surface area contributed by atoms with Gasteiger partial charge in [0, 0.05) is 24.6 Å². The highest BCUT2D eigenvalue weighted by Crippen LogP contribution is 2.54. The molecule has 10 nitrogen and oxygen atoms in total. The Morgan fingerprint density at radius 3 is 2.60 bits per heavy atom. The van der Waals surface area contributed by atoms with Gasteiger partial charge in [0.1, 0.15) is 29.3 Å². The largest absolute Gasteiger partial charge is 0.502 e. The first-order valence-corrected chi connectivity index (χ1v) is 14.8. The average molecular weight is 611 g/mol. The van der Waals surface area contributed by atoms with Gasteiger partial charge in [0.15, 0.2) is 5.75 Å². The number of ether oxygens (including phenoxy) is 1. The van der Waals surface area contributed by atoms with Crippen molar-refractivity contribution in [2.45, 2.75) is 64.4 Å². The van der Waals surface area contributed by atoms with Crippen molar-refractivity contribution in [1.29, 1.82) is 0 Å². The fourth-order valence-electron chi connectivity index (χ4n) is 6.84. The molecule has 0 saturated heterocycles. The third-order valence-electron chi connectivity index (χ3n) is 9.14. The van der Waals surface area contributed by atoms with E-state index in [1.165, 1.54) is 32.6 Å². The maximum Gasteiger partial charge on any atom is 0.323 e. The Balaban J connectivity index is 1.39. The topological polar surface area (TPSA) is 135 Å². The molecule has 2 aliphatic carbocycles. The van der Waals surface area contributed by atoms with E-state index in [9.17, 15) is 28.7 Å². The van der Waals surface area contributed by atoms with Crippen molar-refractivity contribution >= 4 is 29.4 Å². The average Bonchev–Trinajstić information content (AvgIpc) is 3.33. The highest BCUT2D eigenvalue weighted by Gasteiger charge is 2.63. The molecule has 4 aliphatic rings. The summed E-state index contributed by atoms with van der Waals surface area (Å²) in [5.74, 6) is 2.73. The number of fused-ring (bicyclic) bond motifs is 6. The molecule has 3 N–H and O–H groups in total. The number of benzene rings is 1. The van der Waals surface area contributed by atoms with Crippen molar-refractivity contribution in [3.05, 3.63) is 61.8 Å². The van der Waals surface area contributed by atoms with Crippen molar-refractivity contribution in [1.82, 2.24) is 14.4 Å². The molecule has 5 unspecified atom stereocenters. The zero-order valence-corrected chi connectivity index (χ0v) is 24.8. The summed E-state index contributed by atoms with van der Waals surface area (Å²) in [6, 6.07) is 3.30. The van der Waals surface area contributed by atoms with Gasteiger partial charge >= 0.3 is 5.97 Å². The maximum absolute atomic E-state index is 14.3. The van der Waals surface area contributed by atoms with Crippen molar-refractivity contribution in [3.63, 3.8) is 0 Å². The summed E-state index contributed by atoms with van der Waals surface area (Å²) in [4.78, 5) is 57.5. The molecule has 0 radical (unpaired) electrons. The molecule has 3 heterocycles. The number of carbonyl (C=O) groups is 3. The summed E-state index contributed by atoms with van der Waals surface area (Å²) in [7, 11) is 0.